The lowest BCUT2D eigenvalue weighted by Gasteiger charge is -2.25. The van der Waals surface area contributed by atoms with Crippen molar-refractivity contribution in [1.29, 1.82) is 0 Å². The van der Waals surface area contributed by atoms with E-state index in [2.05, 4.69) is 5.10 Å². The fourth-order valence-electron chi connectivity index (χ4n) is 2.54. The second-order valence-corrected chi connectivity index (χ2v) is 5.77. The van der Waals surface area contributed by atoms with E-state index in [1.54, 1.807) is 24.3 Å². The average Bonchev–Trinajstić information content (AvgIpc) is 3.09. The number of carbonyl (C=O) groups excluding carboxylic acids is 2. The van der Waals surface area contributed by atoms with Crippen molar-refractivity contribution in [1.82, 2.24) is 5.01 Å². The molecule has 0 fully saturated rings. The van der Waals surface area contributed by atoms with Gasteiger partial charge in [0, 0.05) is 25.6 Å². The molecule has 2 amide bonds. The molecule has 1 aromatic carbocycles. The van der Waals surface area contributed by atoms with Gasteiger partial charge in [0.05, 0.1) is 12.8 Å². The van der Waals surface area contributed by atoms with Gasteiger partial charge in [-0.3, -0.25) is 14.5 Å². The van der Waals surface area contributed by atoms with E-state index >= 15 is 0 Å². The molecule has 24 heavy (non-hydrogen) atoms. The quantitative estimate of drug-likeness (QED) is 0.868. The molecular weight excluding hydrogens is 306 g/mol. The van der Waals surface area contributed by atoms with Crippen LogP contribution in [0.3, 0.4) is 0 Å². The van der Waals surface area contributed by atoms with Crippen LogP contribution in [-0.2, 0) is 16.1 Å². The maximum Gasteiger partial charge on any atom is 0.274 e. The minimum atomic E-state index is -0.213. The van der Waals surface area contributed by atoms with Crippen molar-refractivity contribution in [2.75, 3.05) is 11.9 Å². The highest BCUT2D eigenvalue weighted by Crippen LogP contribution is 2.21. The first kappa shape index (κ1) is 16.0. The van der Waals surface area contributed by atoms with E-state index in [1.165, 1.54) is 5.01 Å². The highest BCUT2D eigenvalue weighted by Gasteiger charge is 2.27. The molecular formula is C18H19N3O3. The van der Waals surface area contributed by atoms with E-state index in [0.29, 0.717) is 30.9 Å². The minimum absolute atomic E-state index is 0.0838. The summed E-state index contributed by atoms with van der Waals surface area (Å²) in [7, 11) is 1.57. The zero-order valence-electron chi connectivity index (χ0n) is 13.7. The molecule has 1 aromatic heterocycles. The summed E-state index contributed by atoms with van der Waals surface area (Å²) >= 11 is 0. The van der Waals surface area contributed by atoms with Gasteiger partial charge in [-0.15, -0.1) is 0 Å². The normalized spacial score (nSPS) is 14.5. The number of benzene rings is 1. The standard InChI is InChI=1S/C18H19N3O3/c1-13-5-7-14(8-6-13)21(12-15-4-3-11-24-15)18(23)16-9-10-17(22)20(2)19-16/h3-8,11H,9-10,12H2,1-2H3. The molecule has 6 nitrogen and oxygen atoms in total. The van der Waals surface area contributed by atoms with E-state index in [-0.39, 0.29) is 11.8 Å². The summed E-state index contributed by atoms with van der Waals surface area (Å²) < 4.78 is 5.39. The van der Waals surface area contributed by atoms with Crippen LogP contribution < -0.4 is 4.90 Å². The van der Waals surface area contributed by atoms with Crippen molar-refractivity contribution < 1.29 is 14.0 Å². The van der Waals surface area contributed by atoms with Crippen molar-refractivity contribution in [2.45, 2.75) is 26.3 Å². The number of amides is 2. The number of hydrazone groups is 1. The number of hydrogen-bond donors (Lipinski definition) is 0. The number of nitrogens with zero attached hydrogens (tertiary/aromatic N) is 3. The van der Waals surface area contributed by atoms with Gasteiger partial charge >= 0.3 is 0 Å². The summed E-state index contributed by atoms with van der Waals surface area (Å²) in [5, 5.41) is 5.37. The van der Waals surface area contributed by atoms with Crippen LogP contribution in [0.2, 0.25) is 0 Å². The Balaban J connectivity index is 1.91. The van der Waals surface area contributed by atoms with E-state index in [4.69, 9.17) is 4.42 Å². The van der Waals surface area contributed by atoms with Crippen LogP contribution in [0.25, 0.3) is 0 Å². The van der Waals surface area contributed by atoms with Gasteiger partial charge in [0.25, 0.3) is 5.91 Å². The first-order valence-corrected chi connectivity index (χ1v) is 7.79. The van der Waals surface area contributed by atoms with Crippen LogP contribution in [0.4, 0.5) is 5.69 Å². The molecule has 6 heteroatoms. The van der Waals surface area contributed by atoms with E-state index in [0.717, 1.165) is 11.3 Å². The second kappa shape index (κ2) is 6.70. The smallest absolute Gasteiger partial charge is 0.274 e. The number of furan rings is 1. The molecule has 1 aliphatic rings. The number of carbonyl (C=O) groups is 2. The summed E-state index contributed by atoms with van der Waals surface area (Å²) in [5.41, 5.74) is 2.26. The molecule has 0 atom stereocenters. The number of rotatable bonds is 4. The lowest BCUT2D eigenvalue weighted by molar-refractivity contribution is -0.130. The van der Waals surface area contributed by atoms with Crippen molar-refractivity contribution in [3.8, 4) is 0 Å². The van der Waals surface area contributed by atoms with Gasteiger partial charge in [-0.25, -0.2) is 5.01 Å². The Hall–Kier alpha value is -2.89. The summed E-state index contributed by atoms with van der Waals surface area (Å²) in [5.74, 6) is 0.388. The molecule has 3 rings (SSSR count). The second-order valence-electron chi connectivity index (χ2n) is 5.77. The number of aryl methyl sites for hydroxylation is 1. The van der Waals surface area contributed by atoms with E-state index < -0.39 is 0 Å². The highest BCUT2D eigenvalue weighted by molar-refractivity contribution is 6.44. The first-order chi connectivity index (χ1) is 11.5. The third-order valence-electron chi connectivity index (χ3n) is 3.94. The number of hydrogen-bond acceptors (Lipinski definition) is 4. The van der Waals surface area contributed by atoms with Crippen molar-refractivity contribution in [3.63, 3.8) is 0 Å². The maximum atomic E-state index is 13.0. The van der Waals surface area contributed by atoms with Gasteiger partial charge in [-0.2, -0.15) is 5.10 Å². The monoisotopic (exact) mass is 325 g/mol. The van der Waals surface area contributed by atoms with Gasteiger partial charge in [-0.05, 0) is 31.2 Å². The summed E-state index contributed by atoms with van der Waals surface area (Å²) in [4.78, 5) is 26.2. The van der Waals surface area contributed by atoms with E-state index in [1.807, 2.05) is 37.3 Å². The fraction of sp³-hybridized carbons (Fsp3) is 0.278. The predicted octanol–water partition coefficient (Wildman–Crippen LogP) is 2.73. The molecule has 0 spiro atoms. The molecule has 0 N–H and O–H groups in total. The largest absolute Gasteiger partial charge is 0.467 e. The van der Waals surface area contributed by atoms with Gasteiger partial charge in [0.1, 0.15) is 11.5 Å². The lowest BCUT2D eigenvalue weighted by atomic mass is 10.1. The summed E-state index contributed by atoms with van der Waals surface area (Å²) in [6.07, 6.45) is 2.23. The molecule has 0 unspecified atom stereocenters. The zero-order valence-corrected chi connectivity index (χ0v) is 13.7. The third kappa shape index (κ3) is 3.37. The Morgan fingerprint density at radius 2 is 2.00 bits per heavy atom. The topological polar surface area (TPSA) is 66.1 Å². The van der Waals surface area contributed by atoms with Crippen LogP contribution in [-0.4, -0.2) is 29.6 Å². The van der Waals surface area contributed by atoms with E-state index in [9.17, 15) is 9.59 Å². The Labute approximate surface area is 140 Å². The molecule has 0 bridgehead atoms. The van der Waals surface area contributed by atoms with Crippen molar-refractivity contribution in [2.24, 2.45) is 5.10 Å². The van der Waals surface area contributed by atoms with Crippen molar-refractivity contribution >= 4 is 23.2 Å². The predicted molar refractivity (Wildman–Crippen MR) is 90.5 cm³/mol. The molecule has 2 aromatic rings. The molecule has 124 valence electrons. The van der Waals surface area contributed by atoms with Gasteiger partial charge in [-0.1, -0.05) is 17.7 Å². The molecule has 0 saturated carbocycles. The highest BCUT2D eigenvalue weighted by atomic mass is 16.3. The van der Waals surface area contributed by atoms with Crippen LogP contribution in [0.15, 0.2) is 52.2 Å². The Morgan fingerprint density at radius 1 is 1.25 bits per heavy atom. The minimum Gasteiger partial charge on any atom is -0.467 e. The maximum absolute atomic E-state index is 13.0. The van der Waals surface area contributed by atoms with Gasteiger partial charge in [0.2, 0.25) is 5.91 Å². The van der Waals surface area contributed by atoms with Crippen LogP contribution in [0.5, 0.6) is 0 Å². The first-order valence-electron chi connectivity index (χ1n) is 7.79. The molecule has 0 aliphatic carbocycles. The summed E-state index contributed by atoms with van der Waals surface area (Å²) in [6, 6.07) is 11.3. The molecule has 0 saturated heterocycles. The van der Waals surface area contributed by atoms with Crippen LogP contribution in [0, 0.1) is 6.92 Å². The van der Waals surface area contributed by atoms with Crippen LogP contribution in [0.1, 0.15) is 24.2 Å². The van der Waals surface area contributed by atoms with Gasteiger partial charge < -0.3 is 4.42 Å². The SMILES string of the molecule is Cc1ccc(N(Cc2ccco2)C(=O)C2=NN(C)C(=O)CC2)cc1. The van der Waals surface area contributed by atoms with Gasteiger partial charge in [0.15, 0.2) is 0 Å². The lowest BCUT2D eigenvalue weighted by Crippen LogP contribution is -2.40. The Bertz CT molecular complexity index is 763. The third-order valence-corrected chi connectivity index (χ3v) is 3.94. The Morgan fingerprint density at radius 3 is 2.62 bits per heavy atom. The van der Waals surface area contributed by atoms with Crippen molar-refractivity contribution in [3.05, 3.63) is 54.0 Å². The average molecular weight is 325 g/mol. The summed E-state index contributed by atoms with van der Waals surface area (Å²) in [6.45, 7) is 2.31. The number of anilines is 1. The fourth-order valence-corrected chi connectivity index (χ4v) is 2.54. The Kier molecular flexibility index (Phi) is 4.46. The zero-order chi connectivity index (χ0) is 17.1. The molecule has 2 heterocycles. The molecule has 1 aliphatic heterocycles. The molecule has 0 radical (unpaired) electrons. The van der Waals surface area contributed by atoms with Crippen LogP contribution >= 0.6 is 0 Å².